The summed E-state index contributed by atoms with van der Waals surface area (Å²) in [6, 6.07) is 4.03. The van der Waals surface area contributed by atoms with E-state index in [1.54, 1.807) is 6.92 Å². The molecule has 2 atom stereocenters. The van der Waals surface area contributed by atoms with Gasteiger partial charge in [0.2, 0.25) is 5.91 Å². The molecule has 9 heteroatoms. The third-order valence-electron chi connectivity index (χ3n) is 5.04. The maximum absolute atomic E-state index is 14.5. The lowest BCUT2D eigenvalue weighted by Crippen LogP contribution is -2.58. The zero-order valence-electron chi connectivity index (χ0n) is 14.7. The largest absolute Gasteiger partial charge is 0.386 e. The van der Waals surface area contributed by atoms with Gasteiger partial charge in [-0.15, -0.1) is 0 Å². The van der Waals surface area contributed by atoms with Crippen molar-refractivity contribution in [3.05, 3.63) is 29.6 Å². The van der Waals surface area contributed by atoms with Crippen molar-refractivity contribution in [2.45, 2.75) is 37.0 Å². The summed E-state index contributed by atoms with van der Waals surface area (Å²) in [5.41, 5.74) is 5.13. The molecule has 3 N–H and O–H groups in total. The van der Waals surface area contributed by atoms with E-state index in [0.29, 0.717) is 12.3 Å². The number of halogens is 1. The number of nitrogens with one attached hydrogen (secondary N) is 1. The van der Waals surface area contributed by atoms with Crippen molar-refractivity contribution in [3.63, 3.8) is 0 Å². The van der Waals surface area contributed by atoms with E-state index in [4.69, 9.17) is 10.5 Å². The number of nitrogens with two attached hydrogens (primary N) is 1. The summed E-state index contributed by atoms with van der Waals surface area (Å²) < 4.78 is 44.4. The van der Waals surface area contributed by atoms with Gasteiger partial charge in [0, 0.05) is 24.3 Å². The Morgan fingerprint density at radius 1 is 1.46 bits per heavy atom. The van der Waals surface area contributed by atoms with E-state index in [-0.39, 0.29) is 42.5 Å². The van der Waals surface area contributed by atoms with Crippen molar-refractivity contribution in [1.29, 1.82) is 0 Å². The third-order valence-corrected chi connectivity index (χ3v) is 7.70. The van der Waals surface area contributed by atoms with Crippen molar-refractivity contribution < 1.29 is 22.3 Å². The van der Waals surface area contributed by atoms with Crippen LogP contribution in [0.5, 0.6) is 0 Å². The minimum Gasteiger partial charge on any atom is -0.386 e. The Morgan fingerprint density at radius 2 is 2.19 bits per heavy atom. The number of carbonyl (C=O) groups is 1. The monoisotopic (exact) mass is 383 g/mol. The zero-order valence-corrected chi connectivity index (χ0v) is 15.5. The first-order valence-corrected chi connectivity index (χ1v) is 10.0. The molecule has 2 heterocycles. The number of rotatable bonds is 3. The smallest absolute Gasteiger partial charge is 0.224 e. The highest BCUT2D eigenvalue weighted by Crippen LogP contribution is 2.41. The number of hydrogen-bond acceptors (Lipinski definition) is 6. The highest BCUT2D eigenvalue weighted by atomic mass is 32.2. The lowest BCUT2D eigenvalue weighted by atomic mass is 9.92. The van der Waals surface area contributed by atoms with Gasteiger partial charge in [-0.3, -0.25) is 9.79 Å². The molecule has 2 aliphatic rings. The topological polar surface area (TPSA) is 111 Å². The number of carbonyl (C=O) groups excluding carboxylic acids is 1. The zero-order chi connectivity index (χ0) is 19.2. The van der Waals surface area contributed by atoms with E-state index in [1.807, 2.05) is 0 Å². The molecule has 0 saturated carbocycles. The Balaban J connectivity index is 2.08. The van der Waals surface area contributed by atoms with Crippen LogP contribution >= 0.6 is 0 Å². The minimum absolute atomic E-state index is 0.0319. The maximum Gasteiger partial charge on any atom is 0.224 e. The average Bonchev–Trinajstić information content (AvgIpc) is 3.06. The molecule has 1 aromatic carbocycles. The van der Waals surface area contributed by atoms with E-state index in [1.165, 1.54) is 25.1 Å². The lowest BCUT2D eigenvalue weighted by molar-refractivity contribution is -0.115. The van der Waals surface area contributed by atoms with Gasteiger partial charge in [-0.2, -0.15) is 0 Å². The van der Waals surface area contributed by atoms with Crippen LogP contribution in [0.25, 0.3) is 0 Å². The number of anilines is 1. The summed E-state index contributed by atoms with van der Waals surface area (Å²) in [6.45, 7) is 3.49. The Kier molecular flexibility index (Phi) is 4.56. The molecule has 0 radical (unpaired) electrons. The van der Waals surface area contributed by atoms with Crippen LogP contribution in [0.1, 0.15) is 32.3 Å². The Bertz CT molecular complexity index is 878. The third kappa shape index (κ3) is 2.88. The van der Waals surface area contributed by atoms with Crippen molar-refractivity contribution in [1.82, 2.24) is 0 Å². The van der Waals surface area contributed by atoms with Gasteiger partial charge in [-0.25, -0.2) is 12.8 Å². The number of hydrogen-bond donors (Lipinski definition) is 2. The summed E-state index contributed by atoms with van der Waals surface area (Å²) >= 11 is 0. The number of ether oxygens (including phenoxy) is 1. The maximum atomic E-state index is 14.5. The molecule has 2 aliphatic heterocycles. The van der Waals surface area contributed by atoms with Crippen molar-refractivity contribution in [2.75, 3.05) is 24.3 Å². The van der Waals surface area contributed by atoms with Gasteiger partial charge in [-0.1, -0.05) is 6.92 Å². The van der Waals surface area contributed by atoms with Gasteiger partial charge in [-0.05, 0) is 31.5 Å². The highest BCUT2D eigenvalue weighted by Gasteiger charge is 2.57. The molecule has 1 saturated heterocycles. The number of sulfone groups is 1. The molecule has 0 aromatic heterocycles. The van der Waals surface area contributed by atoms with Gasteiger partial charge in [0.15, 0.2) is 14.6 Å². The molecule has 1 fully saturated rings. The summed E-state index contributed by atoms with van der Waals surface area (Å²) in [7, 11) is -3.72. The summed E-state index contributed by atoms with van der Waals surface area (Å²) in [5, 5.41) is 2.64. The normalized spacial score (nSPS) is 30.2. The number of amidine groups is 1. The first kappa shape index (κ1) is 18.8. The molecule has 7 nitrogen and oxygen atoms in total. The Morgan fingerprint density at radius 3 is 2.77 bits per heavy atom. The molecule has 1 spiro atoms. The van der Waals surface area contributed by atoms with Crippen LogP contribution in [0.4, 0.5) is 10.1 Å². The van der Waals surface area contributed by atoms with Crippen LogP contribution in [0.2, 0.25) is 0 Å². The quantitative estimate of drug-likeness (QED) is 0.818. The first-order chi connectivity index (χ1) is 12.1. The molecular formula is C17H22FN3O4S. The Labute approximate surface area is 151 Å². The summed E-state index contributed by atoms with van der Waals surface area (Å²) in [5.74, 6) is -1.26. The van der Waals surface area contributed by atoms with Gasteiger partial charge < -0.3 is 15.8 Å². The van der Waals surface area contributed by atoms with Crippen molar-refractivity contribution in [2.24, 2.45) is 10.7 Å². The van der Waals surface area contributed by atoms with Crippen LogP contribution < -0.4 is 11.1 Å². The predicted molar refractivity (Wildman–Crippen MR) is 96.2 cm³/mol. The molecule has 26 heavy (non-hydrogen) atoms. The molecule has 0 bridgehead atoms. The summed E-state index contributed by atoms with van der Waals surface area (Å²) in [6.07, 6.45) is 0.516. The summed E-state index contributed by atoms with van der Waals surface area (Å²) in [4.78, 5) is 16.0. The second-order valence-electron chi connectivity index (χ2n) is 6.92. The number of nitrogens with zero attached hydrogens (tertiary/aromatic N) is 1. The minimum atomic E-state index is -3.72. The van der Waals surface area contributed by atoms with E-state index >= 15 is 0 Å². The predicted octanol–water partition coefficient (Wildman–Crippen LogP) is 1.33. The fraction of sp³-hybridized carbons (Fsp3) is 0.529. The fourth-order valence-electron chi connectivity index (χ4n) is 3.46. The second-order valence-corrected chi connectivity index (χ2v) is 9.22. The standard InChI is InChI=1S/C17H22FN3O4S/c1-3-14(22)20-11-4-5-13(18)12(8-11)16(2)10-26(23,24)17(15(19)21-16)6-7-25-9-17/h4-5,8H,3,6-7,9-10H2,1-2H3,(H2,19,21)(H,20,22)/t16-,17?/m0/s1. The highest BCUT2D eigenvalue weighted by molar-refractivity contribution is 7.93. The van der Waals surface area contributed by atoms with Crippen LogP contribution in [0, 0.1) is 5.82 Å². The molecule has 1 amide bonds. The van der Waals surface area contributed by atoms with E-state index in [9.17, 15) is 17.6 Å². The van der Waals surface area contributed by atoms with Crippen LogP contribution in [0.3, 0.4) is 0 Å². The molecule has 142 valence electrons. The SMILES string of the molecule is CCC(=O)Nc1ccc(F)c([C@]2(C)CS(=O)(=O)C3(CCOC3)C(N)=N2)c1. The number of amides is 1. The van der Waals surface area contributed by atoms with Gasteiger partial charge in [0.1, 0.15) is 17.2 Å². The molecule has 3 rings (SSSR count). The van der Waals surface area contributed by atoms with Gasteiger partial charge in [0.05, 0.1) is 12.4 Å². The number of benzene rings is 1. The molecule has 0 aliphatic carbocycles. The van der Waals surface area contributed by atoms with E-state index in [0.717, 1.165) is 0 Å². The molecule has 1 unspecified atom stereocenters. The lowest BCUT2D eigenvalue weighted by Gasteiger charge is -2.39. The molecule has 1 aromatic rings. The second kappa shape index (κ2) is 6.31. The fourth-order valence-corrected chi connectivity index (χ4v) is 5.72. The molecular weight excluding hydrogens is 361 g/mol. The van der Waals surface area contributed by atoms with Crippen LogP contribution in [-0.4, -0.2) is 43.9 Å². The van der Waals surface area contributed by atoms with E-state index < -0.39 is 25.9 Å². The van der Waals surface area contributed by atoms with Gasteiger partial charge >= 0.3 is 0 Å². The Hall–Kier alpha value is -2.00. The van der Waals surface area contributed by atoms with Crippen LogP contribution in [0.15, 0.2) is 23.2 Å². The average molecular weight is 383 g/mol. The van der Waals surface area contributed by atoms with Gasteiger partial charge in [0.25, 0.3) is 0 Å². The van der Waals surface area contributed by atoms with Crippen LogP contribution in [-0.2, 0) is 24.9 Å². The van der Waals surface area contributed by atoms with Crippen molar-refractivity contribution >= 4 is 27.3 Å². The number of aliphatic imine (C=N–C) groups is 1. The van der Waals surface area contributed by atoms with E-state index in [2.05, 4.69) is 10.3 Å². The van der Waals surface area contributed by atoms with Crippen molar-refractivity contribution in [3.8, 4) is 0 Å². The first-order valence-electron chi connectivity index (χ1n) is 8.39.